The van der Waals surface area contributed by atoms with Crippen LogP contribution in [0.3, 0.4) is 0 Å². The number of aliphatic hydroxyl groups is 1. The third kappa shape index (κ3) is 1.52. The summed E-state index contributed by atoms with van der Waals surface area (Å²) in [5, 5.41) is 16.1. The van der Waals surface area contributed by atoms with Crippen LogP contribution >= 0.6 is 15.9 Å². The third-order valence-corrected chi connectivity index (χ3v) is 2.38. The van der Waals surface area contributed by atoms with Gasteiger partial charge in [-0.1, -0.05) is 0 Å². The summed E-state index contributed by atoms with van der Waals surface area (Å²) in [5.41, 5.74) is 0.677. The third-order valence-electron chi connectivity index (χ3n) is 1.73. The summed E-state index contributed by atoms with van der Waals surface area (Å²) in [6.07, 6.45) is 3.92. The van der Waals surface area contributed by atoms with Crippen LogP contribution in [0.5, 0.6) is 0 Å². The topological polar surface area (TPSA) is 62.1 Å². The number of nitrogens with one attached hydrogen (secondary N) is 1. The van der Waals surface area contributed by atoms with E-state index in [1.165, 1.54) is 6.26 Å². The molecule has 13 heavy (non-hydrogen) atoms. The van der Waals surface area contributed by atoms with Gasteiger partial charge in [0.15, 0.2) is 5.76 Å². The summed E-state index contributed by atoms with van der Waals surface area (Å²) < 4.78 is 5.86. The molecule has 2 aromatic heterocycles. The quantitative estimate of drug-likeness (QED) is 0.845. The van der Waals surface area contributed by atoms with E-state index in [-0.39, 0.29) is 0 Å². The van der Waals surface area contributed by atoms with E-state index in [4.69, 9.17) is 4.42 Å². The van der Waals surface area contributed by atoms with Crippen molar-refractivity contribution in [1.29, 1.82) is 0 Å². The first-order chi connectivity index (χ1) is 6.29. The van der Waals surface area contributed by atoms with Gasteiger partial charge in [0, 0.05) is 11.8 Å². The molecule has 0 saturated carbocycles. The second-order valence-electron chi connectivity index (χ2n) is 2.57. The Kier molecular flexibility index (Phi) is 2.20. The molecule has 2 aromatic rings. The minimum absolute atomic E-state index is 0.487. The fourth-order valence-electron chi connectivity index (χ4n) is 1.06. The molecule has 0 aliphatic rings. The molecule has 0 fully saturated rings. The molecule has 2 rings (SSSR count). The Morgan fingerprint density at radius 1 is 1.62 bits per heavy atom. The fraction of sp³-hybridized carbons (Fsp3) is 0.125. The lowest BCUT2D eigenvalue weighted by atomic mass is 10.1. The normalized spacial score (nSPS) is 13.1. The predicted molar refractivity (Wildman–Crippen MR) is 49.1 cm³/mol. The maximum Gasteiger partial charge on any atom is 0.151 e. The maximum absolute atomic E-state index is 9.77. The number of halogens is 1. The van der Waals surface area contributed by atoms with Crippen LogP contribution in [-0.4, -0.2) is 15.3 Å². The molecule has 0 amide bonds. The lowest BCUT2D eigenvalue weighted by molar-refractivity contribution is 0.188. The summed E-state index contributed by atoms with van der Waals surface area (Å²) >= 11 is 3.27. The average molecular weight is 243 g/mol. The number of aliphatic hydroxyl groups excluding tert-OH is 1. The van der Waals surface area contributed by atoms with Gasteiger partial charge in [-0.3, -0.25) is 5.10 Å². The largest absolute Gasteiger partial charge is 0.465 e. The van der Waals surface area contributed by atoms with Crippen LogP contribution in [0.15, 0.2) is 33.6 Å². The van der Waals surface area contributed by atoms with Gasteiger partial charge >= 0.3 is 0 Å². The molecule has 0 aliphatic carbocycles. The molecule has 4 nitrogen and oxygen atoms in total. The number of nitrogens with zero attached hydrogens (tertiary/aromatic N) is 1. The van der Waals surface area contributed by atoms with Crippen molar-refractivity contribution in [2.75, 3.05) is 0 Å². The van der Waals surface area contributed by atoms with Crippen molar-refractivity contribution in [3.8, 4) is 0 Å². The predicted octanol–water partition coefficient (Wildman–Crippen LogP) is 1.85. The highest BCUT2D eigenvalue weighted by Crippen LogP contribution is 2.28. The molecule has 5 heteroatoms. The van der Waals surface area contributed by atoms with Gasteiger partial charge in [0.05, 0.1) is 16.9 Å². The molecule has 0 spiro atoms. The van der Waals surface area contributed by atoms with Crippen LogP contribution in [0.2, 0.25) is 0 Å². The van der Waals surface area contributed by atoms with Crippen molar-refractivity contribution in [2.45, 2.75) is 6.10 Å². The summed E-state index contributed by atoms with van der Waals surface area (Å²) in [6.45, 7) is 0. The Morgan fingerprint density at radius 3 is 3.00 bits per heavy atom. The molecule has 2 heterocycles. The van der Waals surface area contributed by atoms with Crippen molar-refractivity contribution in [2.24, 2.45) is 0 Å². The lowest BCUT2D eigenvalue weighted by Crippen LogP contribution is -1.96. The van der Waals surface area contributed by atoms with E-state index >= 15 is 0 Å². The van der Waals surface area contributed by atoms with Gasteiger partial charge in [-0.2, -0.15) is 5.10 Å². The minimum atomic E-state index is -0.775. The molecule has 68 valence electrons. The first kappa shape index (κ1) is 8.52. The van der Waals surface area contributed by atoms with Crippen molar-refractivity contribution in [3.05, 3.63) is 40.5 Å². The molecule has 0 aromatic carbocycles. The summed E-state index contributed by atoms with van der Waals surface area (Å²) in [5.74, 6) is 0.487. The Morgan fingerprint density at radius 2 is 2.46 bits per heavy atom. The average Bonchev–Trinajstić information content (AvgIpc) is 2.72. The first-order valence-corrected chi connectivity index (χ1v) is 4.48. The maximum atomic E-state index is 9.77. The van der Waals surface area contributed by atoms with E-state index in [2.05, 4.69) is 26.1 Å². The Hall–Kier alpha value is -1.07. The zero-order valence-electron chi connectivity index (χ0n) is 6.57. The first-order valence-electron chi connectivity index (χ1n) is 3.68. The number of hydrogen-bond acceptors (Lipinski definition) is 3. The SMILES string of the molecule is OC(c1cn[nH]c1)c1occc1Br. The molecule has 2 N–H and O–H groups in total. The van der Waals surface area contributed by atoms with E-state index in [0.29, 0.717) is 11.3 Å². The smallest absolute Gasteiger partial charge is 0.151 e. The number of H-pyrrole nitrogens is 1. The Bertz CT molecular complexity index is 383. The van der Waals surface area contributed by atoms with Gasteiger partial charge in [0.1, 0.15) is 6.10 Å². The minimum Gasteiger partial charge on any atom is -0.465 e. The molecule has 1 unspecified atom stereocenters. The zero-order valence-corrected chi connectivity index (χ0v) is 8.15. The summed E-state index contributed by atoms with van der Waals surface area (Å²) in [6, 6.07) is 1.73. The summed E-state index contributed by atoms with van der Waals surface area (Å²) in [4.78, 5) is 0. The monoisotopic (exact) mass is 242 g/mol. The number of aromatic amines is 1. The highest BCUT2D eigenvalue weighted by atomic mass is 79.9. The van der Waals surface area contributed by atoms with Gasteiger partial charge in [-0.15, -0.1) is 0 Å². The molecular weight excluding hydrogens is 236 g/mol. The second kappa shape index (κ2) is 3.35. The van der Waals surface area contributed by atoms with Crippen LogP contribution in [0.1, 0.15) is 17.4 Å². The molecule has 0 aliphatic heterocycles. The molecule has 0 radical (unpaired) electrons. The van der Waals surface area contributed by atoms with Crippen molar-refractivity contribution in [1.82, 2.24) is 10.2 Å². The molecule has 1 atom stereocenters. The van der Waals surface area contributed by atoms with Crippen LogP contribution < -0.4 is 0 Å². The van der Waals surface area contributed by atoms with E-state index in [1.807, 2.05) is 0 Å². The number of rotatable bonds is 2. The van der Waals surface area contributed by atoms with Crippen molar-refractivity contribution in [3.63, 3.8) is 0 Å². The number of furan rings is 1. The van der Waals surface area contributed by atoms with E-state index in [1.54, 1.807) is 18.5 Å². The Balaban J connectivity index is 2.33. The van der Waals surface area contributed by atoms with E-state index < -0.39 is 6.10 Å². The zero-order chi connectivity index (χ0) is 9.26. The molecular formula is C8H7BrN2O2. The van der Waals surface area contributed by atoms with Gasteiger partial charge in [0.2, 0.25) is 0 Å². The second-order valence-corrected chi connectivity index (χ2v) is 3.42. The molecule has 0 bridgehead atoms. The lowest BCUT2D eigenvalue weighted by Gasteiger charge is -2.04. The van der Waals surface area contributed by atoms with Gasteiger partial charge < -0.3 is 9.52 Å². The highest BCUT2D eigenvalue weighted by Gasteiger charge is 2.17. The highest BCUT2D eigenvalue weighted by molar-refractivity contribution is 9.10. The van der Waals surface area contributed by atoms with Gasteiger partial charge in [-0.05, 0) is 22.0 Å². The number of hydrogen-bond donors (Lipinski definition) is 2. The van der Waals surface area contributed by atoms with Crippen molar-refractivity contribution < 1.29 is 9.52 Å². The van der Waals surface area contributed by atoms with Crippen LogP contribution in [0.4, 0.5) is 0 Å². The van der Waals surface area contributed by atoms with Crippen LogP contribution in [0.25, 0.3) is 0 Å². The fourth-order valence-corrected chi connectivity index (χ4v) is 1.48. The van der Waals surface area contributed by atoms with E-state index in [0.717, 1.165) is 4.47 Å². The number of aromatic nitrogens is 2. The van der Waals surface area contributed by atoms with Crippen LogP contribution in [-0.2, 0) is 0 Å². The standard InChI is InChI=1S/C8H7BrN2O2/c9-6-1-2-13-8(6)7(12)5-3-10-11-4-5/h1-4,7,12H,(H,10,11). The van der Waals surface area contributed by atoms with Gasteiger partial charge in [-0.25, -0.2) is 0 Å². The van der Waals surface area contributed by atoms with Crippen LogP contribution in [0, 0.1) is 0 Å². The summed E-state index contributed by atoms with van der Waals surface area (Å²) in [7, 11) is 0. The van der Waals surface area contributed by atoms with E-state index in [9.17, 15) is 5.11 Å². The van der Waals surface area contributed by atoms with Crippen molar-refractivity contribution >= 4 is 15.9 Å². The molecule has 0 saturated heterocycles. The Labute approximate surface area is 82.7 Å². The van der Waals surface area contributed by atoms with Gasteiger partial charge in [0.25, 0.3) is 0 Å².